The van der Waals surface area contributed by atoms with E-state index in [-0.39, 0.29) is 5.84 Å². The molecule has 196 valence electrons. The number of hydrogen-bond donors (Lipinski definition) is 3. The van der Waals surface area contributed by atoms with E-state index in [1.165, 1.54) is 11.9 Å². The summed E-state index contributed by atoms with van der Waals surface area (Å²) in [6.45, 7) is 9.12. The van der Waals surface area contributed by atoms with Gasteiger partial charge in [0.2, 0.25) is 5.91 Å². The molecule has 0 fully saturated rings. The maximum Gasteiger partial charge on any atom is 0.302 e. The first-order chi connectivity index (χ1) is 18.3. The number of benzene rings is 3. The largest absolute Gasteiger partial charge is 0.372 e. The second kappa shape index (κ2) is 11.2. The van der Waals surface area contributed by atoms with Crippen LogP contribution in [-0.2, 0) is 9.59 Å². The summed E-state index contributed by atoms with van der Waals surface area (Å²) in [7, 11) is 0. The maximum atomic E-state index is 14.0. The average Bonchev–Trinajstić information content (AvgIpc) is 3.17. The lowest BCUT2D eigenvalue weighted by atomic mass is 10.0. The SMILES string of the molecule is CCN(CC)c1ccc(NC2(NC(C)=O)C(=O)N(c3ccccc3)N=C2NC(=O)c2ccccc2)c(C)c1. The average molecular weight is 513 g/mol. The van der Waals surface area contributed by atoms with E-state index in [9.17, 15) is 14.4 Å². The number of amides is 3. The molecule has 0 saturated carbocycles. The number of hydrogen-bond acceptors (Lipinski definition) is 6. The molecule has 38 heavy (non-hydrogen) atoms. The normalized spacial score (nSPS) is 16.6. The summed E-state index contributed by atoms with van der Waals surface area (Å²) in [4.78, 5) is 41.9. The molecule has 0 saturated heterocycles. The number of aryl methyl sites for hydroxylation is 1. The predicted octanol–water partition coefficient (Wildman–Crippen LogP) is 3.88. The van der Waals surface area contributed by atoms with Crippen molar-refractivity contribution in [1.29, 1.82) is 0 Å². The van der Waals surface area contributed by atoms with Crippen molar-refractivity contribution in [2.75, 3.05) is 28.3 Å². The lowest BCUT2D eigenvalue weighted by Gasteiger charge is -2.32. The highest BCUT2D eigenvalue weighted by Crippen LogP contribution is 2.30. The van der Waals surface area contributed by atoms with Crippen LogP contribution in [0.1, 0.15) is 36.7 Å². The zero-order chi connectivity index (χ0) is 27.3. The molecule has 1 aliphatic heterocycles. The van der Waals surface area contributed by atoms with Crippen LogP contribution in [0.2, 0.25) is 0 Å². The van der Waals surface area contributed by atoms with Crippen LogP contribution in [-0.4, -0.2) is 42.3 Å². The molecule has 4 rings (SSSR count). The summed E-state index contributed by atoms with van der Waals surface area (Å²) < 4.78 is 0. The van der Waals surface area contributed by atoms with Gasteiger partial charge in [0.1, 0.15) is 0 Å². The number of amidine groups is 1. The molecule has 0 aromatic heterocycles. The van der Waals surface area contributed by atoms with Crippen molar-refractivity contribution in [3.8, 4) is 0 Å². The highest BCUT2D eigenvalue weighted by atomic mass is 16.2. The van der Waals surface area contributed by atoms with Crippen LogP contribution in [0.5, 0.6) is 0 Å². The second-order valence-electron chi connectivity index (χ2n) is 8.95. The van der Waals surface area contributed by atoms with Gasteiger partial charge in [0.15, 0.2) is 5.84 Å². The fraction of sp³-hybridized carbons (Fsp3) is 0.241. The Morgan fingerprint density at radius 3 is 2.16 bits per heavy atom. The summed E-state index contributed by atoms with van der Waals surface area (Å²) in [6.07, 6.45) is 0. The smallest absolute Gasteiger partial charge is 0.302 e. The molecule has 1 heterocycles. The third-order valence-electron chi connectivity index (χ3n) is 6.36. The first-order valence-corrected chi connectivity index (χ1v) is 12.6. The van der Waals surface area contributed by atoms with E-state index in [2.05, 4.69) is 39.8 Å². The van der Waals surface area contributed by atoms with Crippen molar-refractivity contribution in [2.24, 2.45) is 5.10 Å². The summed E-state index contributed by atoms with van der Waals surface area (Å²) in [5, 5.41) is 14.4. The molecule has 0 radical (unpaired) electrons. The quantitative estimate of drug-likeness (QED) is 0.397. The fourth-order valence-electron chi connectivity index (χ4n) is 4.41. The van der Waals surface area contributed by atoms with E-state index >= 15 is 0 Å². The van der Waals surface area contributed by atoms with Crippen LogP contribution in [0.15, 0.2) is 84.0 Å². The van der Waals surface area contributed by atoms with Crippen molar-refractivity contribution < 1.29 is 14.4 Å². The van der Waals surface area contributed by atoms with Gasteiger partial charge in [0.25, 0.3) is 11.6 Å². The van der Waals surface area contributed by atoms with Crippen LogP contribution in [0.4, 0.5) is 17.1 Å². The molecular weight excluding hydrogens is 480 g/mol. The van der Waals surface area contributed by atoms with Crippen LogP contribution in [0.3, 0.4) is 0 Å². The Hall–Kier alpha value is -4.66. The molecule has 1 atom stereocenters. The van der Waals surface area contributed by atoms with Gasteiger partial charge in [-0.1, -0.05) is 36.4 Å². The van der Waals surface area contributed by atoms with Gasteiger partial charge in [-0.15, -0.1) is 5.10 Å². The van der Waals surface area contributed by atoms with Crippen LogP contribution >= 0.6 is 0 Å². The fourth-order valence-corrected chi connectivity index (χ4v) is 4.41. The summed E-state index contributed by atoms with van der Waals surface area (Å²) in [5.41, 5.74) is 1.54. The van der Waals surface area contributed by atoms with Gasteiger partial charge < -0.3 is 20.9 Å². The highest BCUT2D eigenvalue weighted by molar-refractivity contribution is 6.28. The molecule has 0 aliphatic carbocycles. The third kappa shape index (κ3) is 5.22. The van der Waals surface area contributed by atoms with Gasteiger partial charge in [0.05, 0.1) is 5.69 Å². The lowest BCUT2D eigenvalue weighted by Crippen LogP contribution is -2.67. The molecular formula is C29H32N6O3. The van der Waals surface area contributed by atoms with Crippen molar-refractivity contribution in [3.05, 3.63) is 90.0 Å². The number of carbonyl (C=O) groups excluding carboxylic acids is 3. The van der Waals surface area contributed by atoms with Crippen molar-refractivity contribution in [1.82, 2.24) is 10.6 Å². The van der Waals surface area contributed by atoms with Crippen LogP contribution in [0.25, 0.3) is 0 Å². The van der Waals surface area contributed by atoms with Crippen molar-refractivity contribution in [2.45, 2.75) is 33.4 Å². The minimum Gasteiger partial charge on any atom is -0.372 e. The monoisotopic (exact) mass is 512 g/mol. The molecule has 0 spiro atoms. The summed E-state index contributed by atoms with van der Waals surface area (Å²) in [6, 6.07) is 23.3. The Labute approximate surface area is 222 Å². The van der Waals surface area contributed by atoms with Gasteiger partial charge in [0, 0.05) is 37.0 Å². The molecule has 3 amide bonds. The first-order valence-electron chi connectivity index (χ1n) is 12.6. The van der Waals surface area contributed by atoms with Gasteiger partial charge in [-0.25, -0.2) is 0 Å². The number of nitrogens with zero attached hydrogens (tertiary/aromatic N) is 3. The predicted molar refractivity (Wildman–Crippen MR) is 150 cm³/mol. The van der Waals surface area contributed by atoms with Gasteiger partial charge in [-0.3, -0.25) is 14.4 Å². The number of hydrazone groups is 1. The van der Waals surface area contributed by atoms with Gasteiger partial charge in [-0.05, 0) is 68.8 Å². The topological polar surface area (TPSA) is 106 Å². The zero-order valence-corrected chi connectivity index (χ0v) is 22.0. The van der Waals surface area contributed by atoms with E-state index in [0.29, 0.717) is 16.9 Å². The molecule has 3 aromatic rings. The Balaban J connectivity index is 1.79. The maximum absolute atomic E-state index is 14.0. The molecule has 1 aliphatic rings. The summed E-state index contributed by atoms with van der Waals surface area (Å²) >= 11 is 0. The minimum absolute atomic E-state index is 0.0392. The highest BCUT2D eigenvalue weighted by Gasteiger charge is 2.54. The zero-order valence-electron chi connectivity index (χ0n) is 22.0. The number of para-hydroxylation sites is 1. The molecule has 3 N–H and O–H groups in total. The van der Waals surface area contributed by atoms with E-state index in [1.54, 1.807) is 54.6 Å². The number of carbonyl (C=O) groups is 3. The number of anilines is 3. The Bertz CT molecular complexity index is 1360. The molecule has 9 nitrogen and oxygen atoms in total. The number of nitrogens with one attached hydrogen (secondary N) is 3. The Morgan fingerprint density at radius 1 is 0.947 bits per heavy atom. The molecule has 9 heteroatoms. The minimum atomic E-state index is -1.85. The van der Waals surface area contributed by atoms with Crippen LogP contribution in [0, 0.1) is 6.92 Å². The number of rotatable bonds is 8. The van der Waals surface area contributed by atoms with E-state index in [4.69, 9.17) is 0 Å². The Kier molecular flexibility index (Phi) is 7.76. The summed E-state index contributed by atoms with van der Waals surface area (Å²) in [5.74, 6) is -1.53. The van der Waals surface area contributed by atoms with E-state index in [0.717, 1.165) is 24.3 Å². The Morgan fingerprint density at radius 2 is 1.58 bits per heavy atom. The standard InChI is InChI=1S/C29H32N6O3/c1-5-34(6-2)24-17-18-25(20(3)19-24)32-29(31-21(4)36)27(30-26(37)22-13-9-7-10-14-22)33-35(28(29)38)23-15-11-8-12-16-23/h7-19,32H,5-6H2,1-4H3,(H,31,36)(H,30,33,37). The van der Waals surface area contributed by atoms with E-state index < -0.39 is 23.4 Å². The van der Waals surface area contributed by atoms with Gasteiger partial charge >= 0.3 is 5.91 Å². The van der Waals surface area contributed by atoms with E-state index in [1.807, 2.05) is 31.2 Å². The first kappa shape index (κ1) is 26.4. The van der Waals surface area contributed by atoms with Crippen molar-refractivity contribution >= 4 is 40.6 Å². The van der Waals surface area contributed by atoms with Crippen molar-refractivity contribution in [3.63, 3.8) is 0 Å². The molecule has 1 unspecified atom stereocenters. The molecule has 3 aromatic carbocycles. The van der Waals surface area contributed by atoms with Gasteiger partial charge in [-0.2, -0.15) is 5.01 Å². The third-order valence-corrected chi connectivity index (χ3v) is 6.36. The lowest BCUT2D eigenvalue weighted by molar-refractivity contribution is -0.127. The second-order valence-corrected chi connectivity index (χ2v) is 8.95. The van der Waals surface area contributed by atoms with Crippen LogP contribution < -0.4 is 25.9 Å². The molecule has 0 bridgehead atoms.